The van der Waals surface area contributed by atoms with Crippen molar-refractivity contribution in [2.75, 3.05) is 44.7 Å². The lowest BCUT2D eigenvalue weighted by molar-refractivity contribution is -0.134. The predicted octanol–water partition coefficient (Wildman–Crippen LogP) is 4.99. The number of para-hydroxylation sites is 1. The first-order valence-corrected chi connectivity index (χ1v) is 12.4. The van der Waals surface area contributed by atoms with Crippen LogP contribution in [0.1, 0.15) is 23.6 Å². The molecule has 2 aliphatic heterocycles. The fourth-order valence-electron chi connectivity index (χ4n) is 4.78. The smallest absolute Gasteiger partial charge is 0.257 e. The summed E-state index contributed by atoms with van der Waals surface area (Å²) < 4.78 is 19.6. The van der Waals surface area contributed by atoms with Crippen molar-refractivity contribution in [3.8, 4) is 5.75 Å². The number of nitrogens with zero attached hydrogens (tertiary/aromatic N) is 4. The van der Waals surface area contributed by atoms with Crippen LogP contribution in [0.15, 0.2) is 77.9 Å². The van der Waals surface area contributed by atoms with Crippen molar-refractivity contribution in [1.29, 1.82) is 0 Å². The Morgan fingerprint density at radius 2 is 1.78 bits per heavy atom. The topological polar surface area (TPSA) is 48.4 Å². The number of hydrazone groups is 1. The van der Waals surface area contributed by atoms with Gasteiger partial charge in [0.25, 0.3) is 5.91 Å². The van der Waals surface area contributed by atoms with Crippen LogP contribution in [0, 0.1) is 5.82 Å². The Labute approximate surface area is 215 Å². The molecule has 1 fully saturated rings. The minimum absolute atomic E-state index is 0.0628. The summed E-state index contributed by atoms with van der Waals surface area (Å²) in [5.74, 6) is 0.465. The molecule has 0 aromatic heterocycles. The van der Waals surface area contributed by atoms with Gasteiger partial charge in [-0.2, -0.15) is 5.10 Å². The minimum atomic E-state index is -0.218. The first-order valence-electron chi connectivity index (χ1n) is 12.0. The van der Waals surface area contributed by atoms with Gasteiger partial charge in [-0.1, -0.05) is 48.0 Å². The van der Waals surface area contributed by atoms with Gasteiger partial charge in [-0.15, -0.1) is 0 Å². The Morgan fingerprint density at radius 1 is 1.03 bits per heavy atom. The molecule has 3 aromatic carbocycles. The lowest BCUT2D eigenvalue weighted by Gasteiger charge is -2.36. The number of carbonyl (C=O) groups excluding carboxylic acids is 1. The molecular weight excluding hydrogens is 479 g/mol. The van der Waals surface area contributed by atoms with Crippen molar-refractivity contribution in [2.45, 2.75) is 12.5 Å². The molecule has 36 heavy (non-hydrogen) atoms. The van der Waals surface area contributed by atoms with E-state index >= 15 is 0 Å². The van der Waals surface area contributed by atoms with Crippen LogP contribution in [0.5, 0.6) is 5.75 Å². The van der Waals surface area contributed by atoms with Crippen molar-refractivity contribution in [2.24, 2.45) is 5.10 Å². The number of ether oxygens (including phenoxy) is 1. The van der Waals surface area contributed by atoms with Gasteiger partial charge in [0, 0.05) is 43.2 Å². The molecule has 0 saturated carbocycles. The number of rotatable bonds is 6. The van der Waals surface area contributed by atoms with Crippen molar-refractivity contribution in [3.05, 3.63) is 94.8 Å². The van der Waals surface area contributed by atoms with E-state index in [0.29, 0.717) is 43.3 Å². The van der Waals surface area contributed by atoms with Gasteiger partial charge >= 0.3 is 0 Å². The third-order valence-electron chi connectivity index (χ3n) is 6.75. The van der Waals surface area contributed by atoms with Crippen molar-refractivity contribution < 1.29 is 13.9 Å². The highest BCUT2D eigenvalue weighted by Crippen LogP contribution is 2.34. The van der Waals surface area contributed by atoms with Gasteiger partial charge in [0.05, 0.1) is 31.1 Å². The summed E-state index contributed by atoms with van der Waals surface area (Å²) in [5, 5.41) is 7.04. The molecule has 0 unspecified atom stereocenters. The molecular formula is C28H28ClFN4O2. The van der Waals surface area contributed by atoms with Crippen LogP contribution < -0.4 is 9.64 Å². The summed E-state index contributed by atoms with van der Waals surface area (Å²) in [7, 11) is 1.63. The molecule has 0 N–H and O–H groups in total. The lowest BCUT2D eigenvalue weighted by atomic mass is 9.98. The quantitative estimate of drug-likeness (QED) is 0.473. The van der Waals surface area contributed by atoms with Crippen LogP contribution in [0.25, 0.3) is 0 Å². The second kappa shape index (κ2) is 10.7. The number of carbonyl (C=O) groups is 1. The number of hydrogen-bond donors (Lipinski definition) is 0. The van der Waals surface area contributed by atoms with Crippen LogP contribution in [0.3, 0.4) is 0 Å². The first-order chi connectivity index (χ1) is 17.5. The van der Waals surface area contributed by atoms with Crippen LogP contribution in [-0.2, 0) is 4.79 Å². The average Bonchev–Trinajstić information content (AvgIpc) is 3.36. The minimum Gasteiger partial charge on any atom is -0.497 e. The Kier molecular flexibility index (Phi) is 7.20. The number of amides is 1. The molecule has 6 nitrogen and oxygen atoms in total. The van der Waals surface area contributed by atoms with Crippen molar-refractivity contribution in [1.82, 2.24) is 9.91 Å². The van der Waals surface area contributed by atoms with Gasteiger partial charge < -0.3 is 9.64 Å². The highest BCUT2D eigenvalue weighted by molar-refractivity contribution is 6.30. The molecule has 186 valence electrons. The molecule has 5 rings (SSSR count). The highest BCUT2D eigenvalue weighted by atomic mass is 35.5. The fourth-order valence-corrected chi connectivity index (χ4v) is 4.91. The van der Waals surface area contributed by atoms with E-state index in [0.717, 1.165) is 22.6 Å². The molecule has 2 aliphatic rings. The van der Waals surface area contributed by atoms with E-state index in [-0.39, 0.29) is 24.3 Å². The maximum absolute atomic E-state index is 14.2. The summed E-state index contributed by atoms with van der Waals surface area (Å²) in [6.07, 6.45) is 0.599. The first kappa shape index (κ1) is 24.3. The van der Waals surface area contributed by atoms with Gasteiger partial charge in [-0.05, 0) is 42.0 Å². The zero-order chi connectivity index (χ0) is 25.1. The van der Waals surface area contributed by atoms with Crippen LogP contribution in [-0.4, -0.2) is 61.4 Å². The molecule has 2 heterocycles. The number of piperazine rings is 1. The molecule has 8 heteroatoms. The van der Waals surface area contributed by atoms with Gasteiger partial charge in [0.1, 0.15) is 11.6 Å². The van der Waals surface area contributed by atoms with Gasteiger partial charge in [0.2, 0.25) is 0 Å². The maximum Gasteiger partial charge on any atom is 0.257 e. The second-order valence-corrected chi connectivity index (χ2v) is 9.44. The number of hydrogen-bond acceptors (Lipinski definition) is 5. The average molecular weight is 507 g/mol. The lowest BCUT2D eigenvalue weighted by Crippen LogP contribution is -2.49. The van der Waals surface area contributed by atoms with E-state index in [1.165, 1.54) is 6.07 Å². The summed E-state index contributed by atoms with van der Waals surface area (Å²) >= 11 is 6.11. The van der Waals surface area contributed by atoms with Crippen LogP contribution in [0.4, 0.5) is 10.1 Å². The van der Waals surface area contributed by atoms with E-state index < -0.39 is 0 Å². The summed E-state index contributed by atoms with van der Waals surface area (Å²) in [4.78, 5) is 17.7. The Bertz CT molecular complexity index is 1260. The number of anilines is 1. The number of benzene rings is 3. The third-order valence-corrected chi connectivity index (χ3v) is 7.00. The predicted molar refractivity (Wildman–Crippen MR) is 140 cm³/mol. The molecule has 1 amide bonds. The Balaban J connectivity index is 1.32. The van der Waals surface area contributed by atoms with E-state index in [9.17, 15) is 9.18 Å². The highest BCUT2D eigenvalue weighted by Gasteiger charge is 2.34. The maximum atomic E-state index is 14.2. The van der Waals surface area contributed by atoms with Gasteiger partial charge in [-0.25, -0.2) is 9.40 Å². The van der Waals surface area contributed by atoms with Crippen molar-refractivity contribution >= 4 is 28.9 Å². The monoisotopic (exact) mass is 506 g/mol. The zero-order valence-corrected chi connectivity index (χ0v) is 20.9. The SMILES string of the molecule is COc1cccc(C2=NN(C(=O)CN3CCN(c4ccccc4F)CC3)[C@@H](c3ccc(Cl)cc3)C2)c1. The van der Waals surface area contributed by atoms with E-state index in [4.69, 9.17) is 21.4 Å². The fraction of sp³-hybridized carbons (Fsp3) is 0.286. The Hall–Kier alpha value is -3.42. The molecule has 0 spiro atoms. The van der Waals surface area contributed by atoms with E-state index in [1.807, 2.05) is 59.5 Å². The standard InChI is InChI=1S/C28H28ClFN4O2/c1-36-23-6-4-5-21(17-23)25-18-27(20-9-11-22(29)12-10-20)34(31-25)28(35)19-32-13-15-33(16-14-32)26-8-3-2-7-24(26)30/h2-12,17,27H,13-16,18-19H2,1H3/t27-/m1/s1. The summed E-state index contributed by atoms with van der Waals surface area (Å²) in [5.41, 5.74) is 3.37. The molecule has 3 aromatic rings. The van der Waals surface area contributed by atoms with Gasteiger partial charge in [0.15, 0.2) is 0 Å². The molecule has 0 aliphatic carbocycles. The molecule has 0 bridgehead atoms. The van der Waals surface area contributed by atoms with Crippen LogP contribution >= 0.6 is 11.6 Å². The molecule has 1 atom stereocenters. The zero-order valence-electron chi connectivity index (χ0n) is 20.1. The normalized spacial score (nSPS) is 18.3. The van der Waals surface area contributed by atoms with Crippen molar-refractivity contribution in [3.63, 3.8) is 0 Å². The van der Waals surface area contributed by atoms with E-state index in [1.54, 1.807) is 24.3 Å². The number of methoxy groups -OCH3 is 1. The number of halogens is 2. The second-order valence-electron chi connectivity index (χ2n) is 9.00. The largest absolute Gasteiger partial charge is 0.497 e. The molecule has 0 radical (unpaired) electrons. The third kappa shape index (κ3) is 5.22. The van der Waals surface area contributed by atoms with Crippen LogP contribution in [0.2, 0.25) is 5.02 Å². The van der Waals surface area contributed by atoms with E-state index in [2.05, 4.69) is 4.90 Å². The molecule has 1 saturated heterocycles. The van der Waals surface area contributed by atoms with Gasteiger partial charge in [-0.3, -0.25) is 9.69 Å². The summed E-state index contributed by atoms with van der Waals surface area (Å²) in [6.45, 7) is 2.92. The summed E-state index contributed by atoms with van der Waals surface area (Å²) in [6, 6.07) is 21.9. The Morgan fingerprint density at radius 3 is 2.50 bits per heavy atom.